The zero-order chi connectivity index (χ0) is 14.5. The maximum Gasteiger partial charge on any atom is 0.320 e. The molecule has 0 unspecified atom stereocenters. The summed E-state index contributed by atoms with van der Waals surface area (Å²) in [5.41, 5.74) is 0.552. The van der Waals surface area contributed by atoms with Crippen LogP contribution in [0.25, 0.3) is 0 Å². The van der Waals surface area contributed by atoms with Gasteiger partial charge in [-0.2, -0.15) is 0 Å². The highest BCUT2D eigenvalue weighted by atomic mass is 79.9. The molecule has 0 radical (unpaired) electrons. The lowest BCUT2D eigenvalue weighted by Crippen LogP contribution is -2.19. The molecular weight excluding hydrogens is 327 g/mol. The number of aromatic nitrogens is 2. The van der Waals surface area contributed by atoms with Gasteiger partial charge in [-0.25, -0.2) is 4.39 Å². The summed E-state index contributed by atoms with van der Waals surface area (Å²) in [6.45, 7) is 5.64. The van der Waals surface area contributed by atoms with Gasteiger partial charge in [0.1, 0.15) is 5.82 Å². The number of anilines is 2. The smallest absolute Gasteiger partial charge is 0.320 e. The molecule has 0 atom stereocenters. The van der Waals surface area contributed by atoms with Crippen molar-refractivity contribution in [2.45, 2.75) is 20.4 Å². The maximum absolute atomic E-state index is 13.4. The predicted molar refractivity (Wildman–Crippen MR) is 78.2 cm³/mol. The number of halogens is 2. The summed E-state index contributed by atoms with van der Waals surface area (Å²) in [4.78, 5) is 0. The van der Waals surface area contributed by atoms with E-state index < -0.39 is 0 Å². The van der Waals surface area contributed by atoms with E-state index in [2.05, 4.69) is 50.6 Å². The van der Waals surface area contributed by atoms with E-state index in [4.69, 9.17) is 4.42 Å². The Hall–Kier alpha value is -1.47. The van der Waals surface area contributed by atoms with Crippen LogP contribution in [0.5, 0.6) is 0 Å². The molecule has 0 fully saturated rings. The van der Waals surface area contributed by atoms with Crippen molar-refractivity contribution in [1.29, 1.82) is 0 Å². The van der Waals surface area contributed by atoms with Gasteiger partial charge in [-0.05, 0) is 46.6 Å². The molecule has 0 aliphatic rings. The van der Waals surface area contributed by atoms with Gasteiger partial charge in [-0.1, -0.05) is 18.9 Å². The maximum atomic E-state index is 13.4. The van der Waals surface area contributed by atoms with E-state index in [1.807, 2.05) is 0 Å². The Morgan fingerprint density at radius 2 is 2.15 bits per heavy atom. The summed E-state index contributed by atoms with van der Waals surface area (Å²) in [5, 5.41) is 13.8. The van der Waals surface area contributed by atoms with E-state index >= 15 is 0 Å². The molecule has 1 aromatic carbocycles. The van der Waals surface area contributed by atoms with Gasteiger partial charge < -0.3 is 15.1 Å². The van der Waals surface area contributed by atoms with Crippen molar-refractivity contribution in [2.24, 2.45) is 5.92 Å². The van der Waals surface area contributed by atoms with Crippen LogP contribution in [0.2, 0.25) is 0 Å². The molecule has 2 rings (SSSR count). The van der Waals surface area contributed by atoms with Gasteiger partial charge in [0.2, 0.25) is 5.89 Å². The molecule has 1 aromatic heterocycles. The fourth-order valence-electron chi connectivity index (χ4n) is 1.54. The molecule has 0 saturated heterocycles. The SMILES string of the molecule is CC(C)CNCc1nnc(Nc2ccc(Br)c(F)c2)o1. The van der Waals surface area contributed by atoms with E-state index in [0.29, 0.717) is 28.5 Å². The largest absolute Gasteiger partial charge is 0.406 e. The molecule has 5 nitrogen and oxygen atoms in total. The van der Waals surface area contributed by atoms with Gasteiger partial charge in [-0.3, -0.25) is 0 Å². The van der Waals surface area contributed by atoms with Crippen LogP contribution >= 0.6 is 15.9 Å². The van der Waals surface area contributed by atoms with Crippen molar-refractivity contribution in [2.75, 3.05) is 11.9 Å². The summed E-state index contributed by atoms with van der Waals surface area (Å²) < 4.78 is 19.2. The Labute approximate surface area is 125 Å². The third-order valence-electron chi connectivity index (χ3n) is 2.47. The van der Waals surface area contributed by atoms with Crippen molar-refractivity contribution >= 4 is 27.6 Å². The van der Waals surface area contributed by atoms with E-state index in [-0.39, 0.29) is 11.8 Å². The van der Waals surface area contributed by atoms with Gasteiger partial charge in [0.15, 0.2) is 0 Å². The quantitative estimate of drug-likeness (QED) is 0.841. The number of rotatable bonds is 6. The molecule has 20 heavy (non-hydrogen) atoms. The number of hydrogen-bond donors (Lipinski definition) is 2. The van der Waals surface area contributed by atoms with Crippen LogP contribution in [-0.4, -0.2) is 16.7 Å². The summed E-state index contributed by atoms with van der Waals surface area (Å²) >= 11 is 3.10. The first-order valence-corrected chi connectivity index (χ1v) is 7.09. The third-order valence-corrected chi connectivity index (χ3v) is 3.11. The molecule has 7 heteroatoms. The van der Waals surface area contributed by atoms with Gasteiger partial charge in [0, 0.05) is 5.69 Å². The third kappa shape index (κ3) is 4.28. The fraction of sp³-hybridized carbons (Fsp3) is 0.385. The van der Waals surface area contributed by atoms with Crippen molar-refractivity contribution in [3.63, 3.8) is 0 Å². The van der Waals surface area contributed by atoms with Crippen LogP contribution in [0.1, 0.15) is 19.7 Å². The van der Waals surface area contributed by atoms with E-state index in [1.165, 1.54) is 6.07 Å². The van der Waals surface area contributed by atoms with Crippen LogP contribution < -0.4 is 10.6 Å². The summed E-state index contributed by atoms with van der Waals surface area (Å²) in [6.07, 6.45) is 0. The molecule has 1 heterocycles. The molecule has 0 saturated carbocycles. The molecule has 0 spiro atoms. The second-order valence-electron chi connectivity index (χ2n) is 4.78. The van der Waals surface area contributed by atoms with Gasteiger partial charge >= 0.3 is 6.01 Å². The van der Waals surface area contributed by atoms with Crippen molar-refractivity contribution in [1.82, 2.24) is 15.5 Å². The average Bonchev–Trinajstić information content (AvgIpc) is 2.81. The van der Waals surface area contributed by atoms with Gasteiger partial charge in [0.25, 0.3) is 0 Å². The first-order valence-electron chi connectivity index (χ1n) is 6.30. The van der Waals surface area contributed by atoms with Gasteiger partial charge in [-0.15, -0.1) is 5.10 Å². The molecule has 0 amide bonds. The summed E-state index contributed by atoms with van der Waals surface area (Å²) in [7, 11) is 0. The Balaban J connectivity index is 1.93. The van der Waals surface area contributed by atoms with Crippen LogP contribution in [0, 0.1) is 11.7 Å². The Morgan fingerprint density at radius 1 is 1.35 bits per heavy atom. The first kappa shape index (κ1) is 14.9. The monoisotopic (exact) mass is 342 g/mol. The number of nitrogens with zero attached hydrogens (tertiary/aromatic N) is 2. The average molecular weight is 343 g/mol. The van der Waals surface area contributed by atoms with Crippen LogP contribution in [0.3, 0.4) is 0 Å². The molecule has 0 aliphatic heterocycles. The van der Waals surface area contributed by atoms with Crippen molar-refractivity contribution in [3.8, 4) is 0 Å². The minimum atomic E-state index is -0.353. The highest BCUT2D eigenvalue weighted by Crippen LogP contribution is 2.21. The standard InChI is InChI=1S/C13H16BrFN4O/c1-8(2)6-16-7-12-18-19-13(20-12)17-9-3-4-10(14)11(15)5-9/h3-5,8,16H,6-7H2,1-2H3,(H,17,19). The van der Waals surface area contributed by atoms with Gasteiger partial charge in [0.05, 0.1) is 11.0 Å². The Morgan fingerprint density at radius 3 is 2.85 bits per heavy atom. The normalized spacial score (nSPS) is 11.1. The topological polar surface area (TPSA) is 63.0 Å². The number of nitrogens with one attached hydrogen (secondary N) is 2. The zero-order valence-corrected chi connectivity index (χ0v) is 12.9. The predicted octanol–water partition coefficient (Wildman–Crippen LogP) is 3.46. The molecule has 2 aromatic rings. The molecule has 0 bridgehead atoms. The van der Waals surface area contributed by atoms with Crippen LogP contribution in [0.15, 0.2) is 27.1 Å². The van der Waals surface area contributed by atoms with Crippen molar-refractivity contribution < 1.29 is 8.81 Å². The second kappa shape index (κ2) is 6.81. The Kier molecular flexibility index (Phi) is 5.08. The van der Waals surface area contributed by atoms with E-state index in [1.54, 1.807) is 12.1 Å². The zero-order valence-electron chi connectivity index (χ0n) is 11.3. The molecule has 0 aliphatic carbocycles. The number of hydrogen-bond acceptors (Lipinski definition) is 5. The minimum Gasteiger partial charge on any atom is -0.406 e. The lowest BCUT2D eigenvalue weighted by Gasteiger charge is -2.04. The Bertz CT molecular complexity index is 573. The lowest BCUT2D eigenvalue weighted by atomic mass is 10.2. The molecule has 2 N–H and O–H groups in total. The lowest BCUT2D eigenvalue weighted by molar-refractivity contribution is 0.460. The second-order valence-corrected chi connectivity index (χ2v) is 5.63. The van der Waals surface area contributed by atoms with Crippen LogP contribution in [0.4, 0.5) is 16.1 Å². The fourth-order valence-corrected chi connectivity index (χ4v) is 1.79. The summed E-state index contributed by atoms with van der Waals surface area (Å²) in [5.74, 6) is 0.695. The minimum absolute atomic E-state index is 0.244. The van der Waals surface area contributed by atoms with E-state index in [0.717, 1.165) is 6.54 Å². The number of benzene rings is 1. The van der Waals surface area contributed by atoms with Crippen molar-refractivity contribution in [3.05, 3.63) is 34.4 Å². The summed E-state index contributed by atoms with van der Waals surface area (Å²) in [6, 6.07) is 4.92. The van der Waals surface area contributed by atoms with Crippen LogP contribution in [-0.2, 0) is 6.54 Å². The van der Waals surface area contributed by atoms with E-state index in [9.17, 15) is 4.39 Å². The highest BCUT2D eigenvalue weighted by molar-refractivity contribution is 9.10. The molecular formula is C13H16BrFN4O. The molecule has 108 valence electrons. The highest BCUT2D eigenvalue weighted by Gasteiger charge is 2.07. The first-order chi connectivity index (χ1) is 9.54.